The molecule has 0 aromatic heterocycles. The number of benzene rings is 4. The first-order valence-corrected chi connectivity index (χ1v) is 11.0. The van der Waals surface area contributed by atoms with E-state index in [1.54, 1.807) is 0 Å². The molecule has 0 radical (unpaired) electrons. The number of fused-ring (bicyclic) bond motifs is 3. The predicted octanol–water partition coefficient (Wildman–Crippen LogP) is 6.45. The molecule has 0 bridgehead atoms. The molecule has 1 aliphatic carbocycles. The maximum Gasteiger partial charge on any atom is 0.494 e. The van der Waals surface area contributed by atoms with Crippen LogP contribution in [-0.4, -0.2) is 18.3 Å². The van der Waals surface area contributed by atoms with Crippen molar-refractivity contribution in [2.45, 2.75) is 38.9 Å². The highest BCUT2D eigenvalue weighted by Crippen LogP contribution is 2.50. The van der Waals surface area contributed by atoms with E-state index in [2.05, 4.69) is 107 Å². The van der Waals surface area contributed by atoms with E-state index in [1.807, 2.05) is 0 Å². The van der Waals surface area contributed by atoms with Crippen LogP contribution in [0.4, 0.5) is 0 Å². The molecule has 3 heteroatoms. The van der Waals surface area contributed by atoms with Crippen LogP contribution >= 0.6 is 0 Å². The Bertz CT molecular complexity index is 1340. The van der Waals surface area contributed by atoms with Gasteiger partial charge in [-0.3, -0.25) is 0 Å². The summed E-state index contributed by atoms with van der Waals surface area (Å²) in [7, 11) is -0.359. The highest BCUT2D eigenvalue weighted by Gasteiger charge is 2.51. The Kier molecular flexibility index (Phi) is 3.84. The van der Waals surface area contributed by atoms with Crippen LogP contribution in [0.2, 0.25) is 0 Å². The lowest BCUT2D eigenvalue weighted by Gasteiger charge is -2.32. The third kappa shape index (κ3) is 2.67. The SMILES string of the molecule is CC1(C)OB(c2cccc(-c3ccc4cccc5c4c3-c3ccccc3-5)c2)OC1(C)C. The summed E-state index contributed by atoms with van der Waals surface area (Å²) in [5.41, 5.74) is 8.09. The van der Waals surface area contributed by atoms with Crippen molar-refractivity contribution in [3.63, 3.8) is 0 Å². The predicted molar refractivity (Wildman–Crippen MR) is 130 cm³/mol. The highest BCUT2D eigenvalue weighted by molar-refractivity contribution is 6.62. The lowest BCUT2D eigenvalue weighted by Crippen LogP contribution is -2.41. The quantitative estimate of drug-likeness (QED) is 0.315. The van der Waals surface area contributed by atoms with E-state index in [0.29, 0.717) is 0 Å². The van der Waals surface area contributed by atoms with Crippen molar-refractivity contribution in [3.8, 4) is 33.4 Å². The van der Waals surface area contributed by atoms with E-state index in [1.165, 1.54) is 44.2 Å². The summed E-state index contributed by atoms with van der Waals surface area (Å²) < 4.78 is 12.6. The van der Waals surface area contributed by atoms with Crippen molar-refractivity contribution in [2.75, 3.05) is 0 Å². The summed E-state index contributed by atoms with van der Waals surface area (Å²) in [6, 6.07) is 28.5. The zero-order valence-electron chi connectivity index (χ0n) is 18.4. The maximum absolute atomic E-state index is 6.31. The third-order valence-corrected chi connectivity index (χ3v) is 7.26. The summed E-state index contributed by atoms with van der Waals surface area (Å²) in [6.45, 7) is 8.39. The molecule has 1 aliphatic heterocycles. The van der Waals surface area contributed by atoms with Gasteiger partial charge in [-0.2, -0.15) is 0 Å². The van der Waals surface area contributed by atoms with E-state index in [-0.39, 0.29) is 18.3 Å². The number of hydrogen-bond donors (Lipinski definition) is 0. The lowest BCUT2D eigenvalue weighted by molar-refractivity contribution is 0.00578. The lowest BCUT2D eigenvalue weighted by atomic mass is 9.77. The van der Waals surface area contributed by atoms with Crippen molar-refractivity contribution < 1.29 is 9.31 Å². The number of hydrogen-bond acceptors (Lipinski definition) is 2. The summed E-state index contributed by atoms with van der Waals surface area (Å²) in [5.74, 6) is 0. The first kappa shape index (κ1) is 18.9. The molecule has 4 aromatic carbocycles. The van der Waals surface area contributed by atoms with Gasteiger partial charge in [-0.25, -0.2) is 0 Å². The van der Waals surface area contributed by atoms with Gasteiger partial charge in [-0.05, 0) is 77.3 Å². The van der Waals surface area contributed by atoms with Gasteiger partial charge in [0.1, 0.15) is 0 Å². The standard InChI is InChI=1S/C28H25BO2/c1-27(2)28(3,4)31-29(30-27)20-11-7-10-19(17-20)21-16-15-18-9-8-14-23-22-12-5-6-13-24(22)26(21)25(18)23/h5-17H,1-4H3. The van der Waals surface area contributed by atoms with E-state index < -0.39 is 0 Å². The van der Waals surface area contributed by atoms with Crippen molar-refractivity contribution in [1.29, 1.82) is 0 Å². The molecule has 2 nitrogen and oxygen atoms in total. The minimum atomic E-state index is -0.359. The van der Waals surface area contributed by atoms with Crippen LogP contribution in [0.3, 0.4) is 0 Å². The van der Waals surface area contributed by atoms with E-state index in [4.69, 9.17) is 9.31 Å². The zero-order valence-corrected chi connectivity index (χ0v) is 18.4. The van der Waals surface area contributed by atoms with Crippen molar-refractivity contribution in [1.82, 2.24) is 0 Å². The van der Waals surface area contributed by atoms with Crippen LogP contribution in [0, 0.1) is 0 Å². The Hall–Kier alpha value is -2.88. The molecule has 1 fully saturated rings. The minimum Gasteiger partial charge on any atom is -0.399 e. The van der Waals surface area contributed by atoms with Crippen LogP contribution in [0.1, 0.15) is 27.7 Å². The van der Waals surface area contributed by atoms with E-state index in [0.717, 1.165) is 5.46 Å². The minimum absolute atomic E-state index is 0.349. The second-order valence-electron chi connectivity index (χ2n) is 9.65. The molecule has 0 unspecified atom stereocenters. The van der Waals surface area contributed by atoms with Gasteiger partial charge in [0.05, 0.1) is 11.2 Å². The van der Waals surface area contributed by atoms with Crippen LogP contribution < -0.4 is 5.46 Å². The van der Waals surface area contributed by atoms with Gasteiger partial charge in [-0.15, -0.1) is 0 Å². The third-order valence-electron chi connectivity index (χ3n) is 7.26. The Morgan fingerprint density at radius 3 is 2.06 bits per heavy atom. The fourth-order valence-corrected chi connectivity index (χ4v) is 4.89. The molecule has 4 aromatic rings. The largest absolute Gasteiger partial charge is 0.494 e. The van der Waals surface area contributed by atoms with Crippen LogP contribution in [0.25, 0.3) is 44.2 Å². The van der Waals surface area contributed by atoms with Crippen molar-refractivity contribution in [2.24, 2.45) is 0 Å². The van der Waals surface area contributed by atoms with Gasteiger partial charge in [0.2, 0.25) is 0 Å². The molecule has 2 aliphatic rings. The summed E-state index contributed by atoms with van der Waals surface area (Å²) in [6.07, 6.45) is 0. The molecule has 1 heterocycles. The van der Waals surface area contributed by atoms with E-state index in [9.17, 15) is 0 Å². The summed E-state index contributed by atoms with van der Waals surface area (Å²) in [5, 5.41) is 2.64. The highest BCUT2D eigenvalue weighted by atomic mass is 16.7. The summed E-state index contributed by atoms with van der Waals surface area (Å²) >= 11 is 0. The topological polar surface area (TPSA) is 18.5 Å². The Morgan fingerprint density at radius 2 is 1.29 bits per heavy atom. The van der Waals surface area contributed by atoms with Gasteiger partial charge in [0.25, 0.3) is 0 Å². The Labute approximate surface area is 184 Å². The van der Waals surface area contributed by atoms with Crippen LogP contribution in [0.5, 0.6) is 0 Å². The van der Waals surface area contributed by atoms with Gasteiger partial charge in [0.15, 0.2) is 0 Å². The van der Waals surface area contributed by atoms with Gasteiger partial charge < -0.3 is 9.31 Å². The molecule has 0 spiro atoms. The Balaban J connectivity index is 1.52. The van der Waals surface area contributed by atoms with Gasteiger partial charge in [-0.1, -0.05) is 78.9 Å². The smallest absolute Gasteiger partial charge is 0.399 e. The molecule has 6 rings (SSSR count). The monoisotopic (exact) mass is 404 g/mol. The first-order valence-electron chi connectivity index (χ1n) is 11.0. The summed E-state index contributed by atoms with van der Waals surface area (Å²) in [4.78, 5) is 0. The fourth-order valence-electron chi connectivity index (χ4n) is 4.89. The van der Waals surface area contributed by atoms with Crippen molar-refractivity contribution in [3.05, 3.63) is 78.9 Å². The van der Waals surface area contributed by atoms with Crippen LogP contribution in [0.15, 0.2) is 78.9 Å². The zero-order chi connectivity index (χ0) is 21.4. The molecular formula is C28H25BO2. The van der Waals surface area contributed by atoms with Gasteiger partial charge >= 0.3 is 7.12 Å². The molecule has 0 amide bonds. The fraction of sp³-hybridized carbons (Fsp3) is 0.214. The first-order chi connectivity index (χ1) is 14.9. The number of rotatable bonds is 2. The second kappa shape index (κ2) is 6.32. The van der Waals surface area contributed by atoms with Gasteiger partial charge in [0, 0.05) is 0 Å². The van der Waals surface area contributed by atoms with Crippen LogP contribution in [-0.2, 0) is 9.31 Å². The molecule has 152 valence electrons. The molecule has 0 atom stereocenters. The molecule has 0 saturated carbocycles. The maximum atomic E-state index is 6.31. The normalized spacial score (nSPS) is 17.9. The average Bonchev–Trinajstić information content (AvgIpc) is 3.21. The second-order valence-corrected chi connectivity index (χ2v) is 9.65. The molecule has 31 heavy (non-hydrogen) atoms. The van der Waals surface area contributed by atoms with E-state index >= 15 is 0 Å². The molecule has 0 N–H and O–H groups in total. The van der Waals surface area contributed by atoms with Crippen molar-refractivity contribution >= 4 is 23.4 Å². The Morgan fingerprint density at radius 1 is 0.613 bits per heavy atom. The molecule has 1 saturated heterocycles. The molecular weight excluding hydrogens is 379 g/mol. The average molecular weight is 404 g/mol.